The van der Waals surface area contributed by atoms with Crippen molar-refractivity contribution in [1.82, 2.24) is 4.90 Å². The van der Waals surface area contributed by atoms with Crippen LogP contribution in [0.4, 0.5) is 0 Å². The molecule has 0 radical (unpaired) electrons. The number of likely N-dealkylation sites (tertiary alicyclic amines) is 1. The molecule has 0 atom stereocenters. The van der Waals surface area contributed by atoms with Crippen molar-refractivity contribution in [3.63, 3.8) is 0 Å². The van der Waals surface area contributed by atoms with E-state index in [9.17, 15) is 4.79 Å². The summed E-state index contributed by atoms with van der Waals surface area (Å²) in [5.74, 6) is 0.292. The summed E-state index contributed by atoms with van der Waals surface area (Å²) in [6.07, 6.45) is 1.81. The summed E-state index contributed by atoms with van der Waals surface area (Å²) >= 11 is 0. The first kappa shape index (κ1) is 8.07. The van der Waals surface area contributed by atoms with E-state index in [1.165, 1.54) is 0 Å². The molecule has 8 heavy (non-hydrogen) atoms. The van der Waals surface area contributed by atoms with Crippen molar-refractivity contribution < 1.29 is 25.1 Å². The zero-order chi connectivity index (χ0) is 5.28. The average molecular weight is 107 g/mol. The molecule has 0 spiro atoms. The van der Waals surface area contributed by atoms with Crippen LogP contribution in [-0.2, 0) is 4.79 Å². The Morgan fingerprint density at radius 1 is 1.75 bits per heavy atom. The van der Waals surface area contributed by atoms with Gasteiger partial charge in [0, 0.05) is 20.0 Å². The normalized spacial score (nSPS) is 18.6. The Bertz CT molecular complexity index is 99.0. The maximum Gasteiger partial charge on any atom is 1.00 e. The first-order valence-electron chi connectivity index (χ1n) is 2.54. The van der Waals surface area contributed by atoms with E-state index in [2.05, 4.69) is 0 Å². The van der Waals surface area contributed by atoms with Gasteiger partial charge in [-0.3, -0.25) is 4.79 Å². The molecule has 0 unspecified atom stereocenters. The molecule has 0 aromatic carbocycles. The number of hydrogen-bond donors (Lipinski definition) is 0. The molecule has 0 aliphatic carbocycles. The molecular weight excluding hydrogens is 97.0 g/mol. The molecule has 3 heteroatoms. The quantitative estimate of drug-likeness (QED) is 0.310. The molecule has 1 amide bonds. The standard InChI is InChI=1S/C5H9NO.Li.H/c1-6-4-2-3-5(6)7;;/h2-4H2,1H3;;/q;+1;-1. The van der Waals surface area contributed by atoms with Crippen LogP contribution in [-0.4, -0.2) is 24.4 Å². The van der Waals surface area contributed by atoms with Gasteiger partial charge in [-0.05, 0) is 6.42 Å². The summed E-state index contributed by atoms with van der Waals surface area (Å²) in [7, 11) is 1.84. The summed E-state index contributed by atoms with van der Waals surface area (Å²) in [6.45, 7) is 0.957. The Kier molecular flexibility index (Phi) is 3.19. The zero-order valence-electron chi connectivity index (χ0n) is 6.48. The van der Waals surface area contributed by atoms with Gasteiger partial charge < -0.3 is 6.33 Å². The fraction of sp³-hybridized carbons (Fsp3) is 0.800. The predicted octanol–water partition coefficient (Wildman–Crippen LogP) is -2.64. The smallest absolute Gasteiger partial charge is 1.00 e. The van der Waals surface area contributed by atoms with Gasteiger partial charge in [-0.15, -0.1) is 0 Å². The van der Waals surface area contributed by atoms with Crippen LogP contribution in [0.3, 0.4) is 0 Å². The molecule has 0 bridgehead atoms. The second-order valence-corrected chi connectivity index (χ2v) is 1.92. The molecule has 1 heterocycles. The predicted molar refractivity (Wildman–Crippen MR) is 28.0 cm³/mol. The number of hydrogen-bond acceptors (Lipinski definition) is 1. The van der Waals surface area contributed by atoms with Crippen molar-refractivity contribution in [3.8, 4) is 0 Å². The van der Waals surface area contributed by atoms with E-state index >= 15 is 0 Å². The third-order valence-corrected chi connectivity index (χ3v) is 1.31. The van der Waals surface area contributed by atoms with Crippen molar-refractivity contribution in [1.29, 1.82) is 0 Å². The maximum absolute atomic E-state index is 10.5. The van der Waals surface area contributed by atoms with Gasteiger partial charge in [-0.25, -0.2) is 0 Å². The minimum Gasteiger partial charge on any atom is -1.00 e. The minimum absolute atomic E-state index is 0. The number of carbonyl (C=O) groups excluding carboxylic acids is 1. The fourth-order valence-corrected chi connectivity index (χ4v) is 0.783. The van der Waals surface area contributed by atoms with Crippen molar-refractivity contribution >= 4 is 5.91 Å². The maximum atomic E-state index is 10.5. The molecular formula is C5H10LiNO. The second kappa shape index (κ2) is 3.16. The van der Waals surface area contributed by atoms with Crippen LogP contribution in [0.15, 0.2) is 0 Å². The van der Waals surface area contributed by atoms with E-state index in [0.29, 0.717) is 5.91 Å². The van der Waals surface area contributed by atoms with Gasteiger partial charge in [0.15, 0.2) is 0 Å². The summed E-state index contributed by atoms with van der Waals surface area (Å²) < 4.78 is 0. The minimum atomic E-state index is 0. The Hall–Kier alpha value is 0.0674. The van der Waals surface area contributed by atoms with Crippen LogP contribution in [0.25, 0.3) is 0 Å². The molecule has 1 saturated heterocycles. The van der Waals surface area contributed by atoms with Crippen molar-refractivity contribution in [2.75, 3.05) is 13.6 Å². The topological polar surface area (TPSA) is 20.3 Å². The third-order valence-electron chi connectivity index (χ3n) is 1.31. The molecule has 1 fully saturated rings. The Balaban J connectivity index is 0. The van der Waals surface area contributed by atoms with Crippen LogP contribution < -0.4 is 18.9 Å². The van der Waals surface area contributed by atoms with Crippen molar-refractivity contribution in [3.05, 3.63) is 0 Å². The van der Waals surface area contributed by atoms with Gasteiger partial charge in [0.05, 0.1) is 0 Å². The van der Waals surface area contributed by atoms with Crippen LogP contribution >= 0.6 is 0 Å². The largest absolute Gasteiger partial charge is 1.00 e. The van der Waals surface area contributed by atoms with Crippen LogP contribution in [0, 0.1) is 0 Å². The van der Waals surface area contributed by atoms with E-state index in [1.807, 2.05) is 7.05 Å². The van der Waals surface area contributed by atoms with Gasteiger partial charge >= 0.3 is 18.9 Å². The fourth-order valence-electron chi connectivity index (χ4n) is 0.783. The molecule has 1 aliphatic rings. The van der Waals surface area contributed by atoms with E-state index in [1.54, 1.807) is 4.90 Å². The summed E-state index contributed by atoms with van der Waals surface area (Å²) in [4.78, 5) is 12.3. The van der Waals surface area contributed by atoms with Gasteiger partial charge in [-0.2, -0.15) is 0 Å². The Labute approximate surface area is 62.9 Å². The third kappa shape index (κ3) is 1.54. The van der Waals surface area contributed by atoms with E-state index in [4.69, 9.17) is 0 Å². The Morgan fingerprint density at radius 2 is 2.38 bits per heavy atom. The first-order chi connectivity index (χ1) is 3.30. The molecule has 2 nitrogen and oxygen atoms in total. The number of rotatable bonds is 0. The summed E-state index contributed by atoms with van der Waals surface area (Å²) in [5.41, 5.74) is 0. The van der Waals surface area contributed by atoms with Gasteiger partial charge in [0.25, 0.3) is 0 Å². The van der Waals surface area contributed by atoms with Crippen molar-refractivity contribution in [2.24, 2.45) is 0 Å². The van der Waals surface area contributed by atoms with Gasteiger partial charge in [-0.1, -0.05) is 0 Å². The number of nitrogens with zero attached hydrogens (tertiary/aromatic N) is 1. The summed E-state index contributed by atoms with van der Waals surface area (Å²) in [6, 6.07) is 0. The zero-order valence-corrected chi connectivity index (χ0v) is 5.48. The number of carbonyl (C=O) groups is 1. The van der Waals surface area contributed by atoms with Crippen LogP contribution in [0.1, 0.15) is 14.3 Å². The van der Waals surface area contributed by atoms with E-state index < -0.39 is 0 Å². The molecule has 0 N–H and O–H groups in total. The monoisotopic (exact) mass is 107 g/mol. The molecule has 0 aromatic rings. The van der Waals surface area contributed by atoms with Crippen LogP contribution in [0.5, 0.6) is 0 Å². The van der Waals surface area contributed by atoms with Crippen LogP contribution in [0.2, 0.25) is 0 Å². The van der Waals surface area contributed by atoms with Gasteiger partial charge in [0.1, 0.15) is 0 Å². The molecule has 1 aliphatic heterocycles. The number of amides is 1. The Morgan fingerprint density at radius 3 is 2.50 bits per heavy atom. The summed E-state index contributed by atoms with van der Waals surface area (Å²) in [5, 5.41) is 0. The second-order valence-electron chi connectivity index (χ2n) is 1.92. The average Bonchev–Trinajstić information content (AvgIpc) is 1.91. The SMILES string of the molecule is CN1CCCC1=O.[H-].[Li+]. The van der Waals surface area contributed by atoms with Crippen molar-refractivity contribution in [2.45, 2.75) is 12.8 Å². The van der Waals surface area contributed by atoms with Gasteiger partial charge in [0.2, 0.25) is 5.91 Å². The molecule has 42 valence electrons. The van der Waals surface area contributed by atoms with E-state index in [-0.39, 0.29) is 20.3 Å². The molecule has 1 rings (SSSR count). The molecule has 0 saturated carbocycles. The molecule has 0 aromatic heterocycles. The first-order valence-corrected chi connectivity index (χ1v) is 2.54. The van der Waals surface area contributed by atoms with E-state index in [0.717, 1.165) is 19.4 Å².